The van der Waals surface area contributed by atoms with Gasteiger partial charge in [-0.3, -0.25) is 0 Å². The van der Waals surface area contributed by atoms with Gasteiger partial charge < -0.3 is 29.4 Å². The molecule has 0 amide bonds. The SMILES string of the molecule is CCOc1cc([C@@H]2C(C#N)=C(N)Oc3cc4c(cc32)OCO4)ccc1OCc1ccc2ccccc2c1. The highest BCUT2D eigenvalue weighted by molar-refractivity contribution is 5.83. The van der Waals surface area contributed by atoms with Gasteiger partial charge in [0.2, 0.25) is 12.7 Å². The van der Waals surface area contributed by atoms with Gasteiger partial charge >= 0.3 is 0 Å². The number of allylic oxidation sites excluding steroid dienone is 1. The van der Waals surface area contributed by atoms with Crippen LogP contribution in [0.15, 0.2) is 84.3 Å². The van der Waals surface area contributed by atoms with Gasteiger partial charge in [0.1, 0.15) is 24.0 Å². The van der Waals surface area contributed by atoms with Crippen LogP contribution >= 0.6 is 0 Å². The smallest absolute Gasteiger partial charge is 0.231 e. The van der Waals surface area contributed by atoms with Crippen molar-refractivity contribution in [1.29, 1.82) is 5.26 Å². The molecule has 6 rings (SSSR count). The van der Waals surface area contributed by atoms with Crippen LogP contribution in [-0.2, 0) is 6.61 Å². The summed E-state index contributed by atoms with van der Waals surface area (Å²) in [6.07, 6.45) is 0. The van der Waals surface area contributed by atoms with Gasteiger partial charge in [0.05, 0.1) is 12.5 Å². The second-order valence-corrected chi connectivity index (χ2v) is 8.78. The summed E-state index contributed by atoms with van der Waals surface area (Å²) in [6, 6.07) is 26.0. The monoisotopic (exact) mass is 492 g/mol. The van der Waals surface area contributed by atoms with Gasteiger partial charge in [-0.05, 0) is 53.1 Å². The maximum absolute atomic E-state index is 9.95. The molecule has 0 aromatic heterocycles. The second-order valence-electron chi connectivity index (χ2n) is 8.78. The lowest BCUT2D eigenvalue weighted by Gasteiger charge is -2.27. The summed E-state index contributed by atoms with van der Waals surface area (Å²) in [7, 11) is 0. The predicted molar refractivity (Wildman–Crippen MR) is 138 cm³/mol. The highest BCUT2D eigenvalue weighted by Crippen LogP contribution is 2.48. The Morgan fingerprint density at radius 1 is 0.892 bits per heavy atom. The summed E-state index contributed by atoms with van der Waals surface area (Å²) < 4.78 is 29.0. The molecule has 1 atom stereocenters. The zero-order valence-electron chi connectivity index (χ0n) is 20.2. The van der Waals surface area contributed by atoms with Crippen molar-refractivity contribution in [2.45, 2.75) is 19.4 Å². The molecule has 2 N–H and O–H groups in total. The normalized spacial score (nSPS) is 15.6. The van der Waals surface area contributed by atoms with Crippen LogP contribution in [0.3, 0.4) is 0 Å². The first kappa shape index (κ1) is 22.6. The van der Waals surface area contributed by atoms with Gasteiger partial charge in [0.15, 0.2) is 23.0 Å². The van der Waals surface area contributed by atoms with Crippen molar-refractivity contribution in [3.05, 3.63) is 101 Å². The summed E-state index contributed by atoms with van der Waals surface area (Å²) in [6.45, 7) is 2.91. The third-order valence-corrected chi connectivity index (χ3v) is 6.52. The Morgan fingerprint density at radius 3 is 2.51 bits per heavy atom. The van der Waals surface area contributed by atoms with E-state index in [1.807, 2.05) is 43.3 Å². The Morgan fingerprint density at radius 2 is 1.70 bits per heavy atom. The molecule has 184 valence electrons. The molecule has 4 aromatic rings. The van der Waals surface area contributed by atoms with Crippen LogP contribution in [0.1, 0.15) is 29.5 Å². The van der Waals surface area contributed by atoms with Crippen molar-refractivity contribution >= 4 is 10.8 Å². The topological polar surface area (TPSA) is 96.0 Å². The van der Waals surface area contributed by atoms with Crippen LogP contribution in [-0.4, -0.2) is 13.4 Å². The van der Waals surface area contributed by atoms with Crippen molar-refractivity contribution in [3.8, 4) is 34.8 Å². The summed E-state index contributed by atoms with van der Waals surface area (Å²) in [5.41, 5.74) is 9.13. The maximum Gasteiger partial charge on any atom is 0.231 e. The van der Waals surface area contributed by atoms with E-state index in [1.54, 1.807) is 6.07 Å². The first-order valence-corrected chi connectivity index (χ1v) is 12.0. The molecule has 0 bridgehead atoms. The Balaban J connectivity index is 1.34. The van der Waals surface area contributed by atoms with E-state index in [0.29, 0.717) is 47.5 Å². The zero-order chi connectivity index (χ0) is 25.4. The van der Waals surface area contributed by atoms with Gasteiger partial charge in [-0.25, -0.2) is 0 Å². The fourth-order valence-electron chi connectivity index (χ4n) is 4.77. The molecule has 2 aliphatic heterocycles. The van der Waals surface area contributed by atoms with E-state index in [9.17, 15) is 5.26 Å². The number of ether oxygens (including phenoxy) is 5. The number of nitrogens with two attached hydrogens (primary N) is 1. The molecule has 37 heavy (non-hydrogen) atoms. The van der Waals surface area contributed by atoms with Crippen LogP contribution in [0, 0.1) is 11.3 Å². The third kappa shape index (κ3) is 4.13. The fraction of sp³-hybridized carbons (Fsp3) is 0.167. The lowest BCUT2D eigenvalue weighted by Crippen LogP contribution is -2.21. The number of hydrogen-bond donors (Lipinski definition) is 1. The number of rotatable bonds is 6. The van der Waals surface area contributed by atoms with Gasteiger partial charge in [-0.15, -0.1) is 0 Å². The van der Waals surface area contributed by atoms with Crippen molar-refractivity contribution in [2.75, 3.05) is 13.4 Å². The Labute approximate surface area is 214 Å². The standard InChI is InChI=1S/C30H24N2O5/c1-2-33-26-12-21(9-10-24(26)34-16-18-7-8-19-5-3-4-6-20(19)11-18)29-22-13-27-28(36-17-35-27)14-25(22)37-30(32)23(29)15-31/h3-14,29H,2,16-17,32H2,1H3/t29-/m0/s1. The van der Waals surface area contributed by atoms with E-state index in [1.165, 1.54) is 5.39 Å². The van der Waals surface area contributed by atoms with Crippen LogP contribution in [0.2, 0.25) is 0 Å². The lowest BCUT2D eigenvalue weighted by atomic mass is 9.83. The molecule has 2 heterocycles. The van der Waals surface area contributed by atoms with E-state index >= 15 is 0 Å². The number of fused-ring (bicyclic) bond motifs is 3. The predicted octanol–water partition coefficient (Wildman–Crippen LogP) is 5.76. The fourth-order valence-corrected chi connectivity index (χ4v) is 4.77. The Hall–Kier alpha value is -4.83. The number of benzene rings is 4. The molecule has 0 unspecified atom stereocenters. The molecule has 2 aliphatic rings. The average molecular weight is 493 g/mol. The maximum atomic E-state index is 9.95. The van der Waals surface area contributed by atoms with Crippen LogP contribution in [0.25, 0.3) is 10.8 Å². The molecule has 0 aliphatic carbocycles. The van der Waals surface area contributed by atoms with Crippen molar-refractivity contribution < 1.29 is 23.7 Å². The van der Waals surface area contributed by atoms with Crippen molar-refractivity contribution in [3.63, 3.8) is 0 Å². The largest absolute Gasteiger partial charge is 0.490 e. The van der Waals surface area contributed by atoms with Gasteiger partial charge in [-0.1, -0.05) is 42.5 Å². The first-order valence-electron chi connectivity index (χ1n) is 12.0. The van der Waals surface area contributed by atoms with E-state index < -0.39 is 5.92 Å². The first-order chi connectivity index (χ1) is 18.1. The Kier molecular flexibility index (Phi) is 5.70. The number of hydrogen-bond acceptors (Lipinski definition) is 7. The quantitative estimate of drug-likeness (QED) is 0.365. The highest BCUT2D eigenvalue weighted by atomic mass is 16.7. The molecule has 7 heteroatoms. The summed E-state index contributed by atoms with van der Waals surface area (Å²) in [5, 5.41) is 12.3. The average Bonchev–Trinajstić information content (AvgIpc) is 3.38. The molecule has 0 fully saturated rings. The van der Waals surface area contributed by atoms with E-state index in [-0.39, 0.29) is 12.7 Å². The van der Waals surface area contributed by atoms with E-state index in [2.05, 4.69) is 36.4 Å². The second kappa shape index (κ2) is 9.32. The van der Waals surface area contributed by atoms with Crippen molar-refractivity contribution in [2.24, 2.45) is 5.73 Å². The van der Waals surface area contributed by atoms with E-state index in [4.69, 9.17) is 29.4 Å². The van der Waals surface area contributed by atoms with Gasteiger partial charge in [0.25, 0.3) is 0 Å². The Bertz CT molecular complexity index is 1590. The minimum Gasteiger partial charge on any atom is -0.490 e. The van der Waals surface area contributed by atoms with Crippen molar-refractivity contribution in [1.82, 2.24) is 0 Å². The molecular formula is C30H24N2O5. The van der Waals surface area contributed by atoms with Crippen LogP contribution in [0.4, 0.5) is 0 Å². The summed E-state index contributed by atoms with van der Waals surface area (Å²) >= 11 is 0. The highest BCUT2D eigenvalue weighted by Gasteiger charge is 2.33. The molecular weight excluding hydrogens is 468 g/mol. The molecule has 7 nitrogen and oxygen atoms in total. The van der Waals surface area contributed by atoms with Gasteiger partial charge in [-0.2, -0.15) is 5.26 Å². The van der Waals surface area contributed by atoms with E-state index in [0.717, 1.165) is 22.1 Å². The number of nitrogens with zero attached hydrogens (tertiary/aromatic N) is 1. The van der Waals surface area contributed by atoms with Crippen LogP contribution in [0.5, 0.6) is 28.7 Å². The lowest BCUT2D eigenvalue weighted by molar-refractivity contribution is 0.174. The number of nitriles is 1. The third-order valence-electron chi connectivity index (χ3n) is 6.52. The van der Waals surface area contributed by atoms with Crippen LogP contribution < -0.4 is 29.4 Å². The molecule has 0 radical (unpaired) electrons. The summed E-state index contributed by atoms with van der Waals surface area (Å²) in [4.78, 5) is 0. The zero-order valence-corrected chi connectivity index (χ0v) is 20.2. The minimum atomic E-state index is -0.461. The molecule has 0 saturated carbocycles. The minimum absolute atomic E-state index is 0.0634. The van der Waals surface area contributed by atoms with Gasteiger partial charge in [0, 0.05) is 11.6 Å². The molecule has 0 saturated heterocycles. The molecule has 0 spiro atoms. The summed E-state index contributed by atoms with van der Waals surface area (Å²) in [5.74, 6) is 2.52. The molecule has 4 aromatic carbocycles.